The minimum atomic E-state index is -0.157. The zero-order chi connectivity index (χ0) is 16.4. The summed E-state index contributed by atoms with van der Waals surface area (Å²) in [5.41, 5.74) is 5.72. The largest absolute Gasteiger partial charge is 0.268 e. The number of H-pyrrole nitrogens is 1. The third kappa shape index (κ3) is 3.35. The van der Waals surface area contributed by atoms with Gasteiger partial charge in [-0.25, -0.2) is 5.10 Å². The highest BCUT2D eigenvalue weighted by atomic mass is 35.5. The minimum Gasteiger partial charge on any atom is -0.268 e. The Bertz CT molecular complexity index is 878. The van der Waals surface area contributed by atoms with E-state index in [1.807, 2.05) is 62.4 Å². The fourth-order valence-electron chi connectivity index (χ4n) is 2.75. The van der Waals surface area contributed by atoms with Crippen LogP contribution in [0.1, 0.15) is 22.3 Å². The zero-order valence-corrected chi connectivity index (χ0v) is 13.8. The third-order valence-electron chi connectivity index (χ3n) is 3.93. The molecule has 2 aromatic carbocycles. The molecule has 116 valence electrons. The van der Waals surface area contributed by atoms with Crippen molar-refractivity contribution in [3.05, 3.63) is 86.2 Å². The second-order valence-corrected chi connectivity index (χ2v) is 6.11. The van der Waals surface area contributed by atoms with Crippen molar-refractivity contribution in [2.24, 2.45) is 0 Å². The topological polar surface area (TPSA) is 45.8 Å². The Morgan fingerprint density at radius 2 is 1.70 bits per heavy atom. The van der Waals surface area contributed by atoms with Crippen molar-refractivity contribution >= 4 is 11.6 Å². The van der Waals surface area contributed by atoms with Gasteiger partial charge in [-0.1, -0.05) is 41.9 Å². The predicted molar refractivity (Wildman–Crippen MR) is 94.0 cm³/mol. The summed E-state index contributed by atoms with van der Waals surface area (Å²) in [5.74, 6) is 0. The maximum Gasteiger partial charge on any atom is 0.267 e. The smallest absolute Gasteiger partial charge is 0.267 e. The lowest BCUT2D eigenvalue weighted by atomic mass is 9.98. The number of hydrogen-bond donors (Lipinski definition) is 1. The van der Waals surface area contributed by atoms with Crippen LogP contribution in [0.2, 0.25) is 5.02 Å². The molecule has 0 radical (unpaired) electrons. The molecule has 0 aliphatic carbocycles. The SMILES string of the molecule is Cc1cccc(C)c1-c1cc(Cc2ccc(Cl)cc2)c(=O)[nH]n1. The van der Waals surface area contributed by atoms with Crippen molar-refractivity contribution in [1.82, 2.24) is 10.2 Å². The first kappa shape index (κ1) is 15.5. The molecule has 0 aliphatic heterocycles. The van der Waals surface area contributed by atoms with Crippen LogP contribution >= 0.6 is 11.6 Å². The molecule has 3 aromatic rings. The molecule has 0 saturated heterocycles. The molecule has 3 nitrogen and oxygen atoms in total. The molecule has 0 atom stereocenters. The molecule has 3 rings (SSSR count). The van der Waals surface area contributed by atoms with Gasteiger partial charge in [0.05, 0.1) is 5.69 Å². The number of nitrogens with zero attached hydrogens (tertiary/aromatic N) is 1. The molecule has 0 saturated carbocycles. The van der Waals surface area contributed by atoms with Crippen LogP contribution in [0.25, 0.3) is 11.3 Å². The minimum absolute atomic E-state index is 0.157. The van der Waals surface area contributed by atoms with Gasteiger partial charge in [0.1, 0.15) is 0 Å². The summed E-state index contributed by atoms with van der Waals surface area (Å²) >= 11 is 5.91. The molecule has 23 heavy (non-hydrogen) atoms. The Hall–Kier alpha value is -2.39. The quantitative estimate of drug-likeness (QED) is 0.780. The molecule has 0 aliphatic rings. The van der Waals surface area contributed by atoms with Gasteiger partial charge >= 0.3 is 0 Å². The van der Waals surface area contributed by atoms with E-state index in [0.717, 1.165) is 27.9 Å². The molecule has 0 fully saturated rings. The van der Waals surface area contributed by atoms with Crippen molar-refractivity contribution in [3.63, 3.8) is 0 Å². The average molecular weight is 325 g/mol. The maximum atomic E-state index is 12.1. The highest BCUT2D eigenvalue weighted by molar-refractivity contribution is 6.30. The summed E-state index contributed by atoms with van der Waals surface area (Å²) in [6, 6.07) is 15.5. The van der Waals surface area contributed by atoms with Gasteiger partial charge in [-0.2, -0.15) is 5.10 Å². The van der Waals surface area contributed by atoms with E-state index in [1.54, 1.807) is 0 Å². The van der Waals surface area contributed by atoms with Crippen molar-refractivity contribution in [3.8, 4) is 11.3 Å². The lowest BCUT2D eigenvalue weighted by Gasteiger charge is -2.10. The molecule has 0 bridgehead atoms. The molecule has 0 spiro atoms. The van der Waals surface area contributed by atoms with E-state index in [9.17, 15) is 4.79 Å². The fourth-order valence-corrected chi connectivity index (χ4v) is 2.87. The summed E-state index contributed by atoms with van der Waals surface area (Å²) in [7, 11) is 0. The number of rotatable bonds is 3. The molecular formula is C19H17ClN2O. The summed E-state index contributed by atoms with van der Waals surface area (Å²) in [6.45, 7) is 4.10. The number of hydrogen-bond acceptors (Lipinski definition) is 2. The van der Waals surface area contributed by atoms with Crippen LogP contribution in [-0.4, -0.2) is 10.2 Å². The van der Waals surface area contributed by atoms with Crippen LogP contribution in [0.15, 0.2) is 53.3 Å². The number of aryl methyl sites for hydroxylation is 2. The van der Waals surface area contributed by atoms with E-state index in [-0.39, 0.29) is 5.56 Å². The Morgan fingerprint density at radius 3 is 2.35 bits per heavy atom. The van der Waals surface area contributed by atoms with Gasteiger partial charge in [0, 0.05) is 22.6 Å². The van der Waals surface area contributed by atoms with Gasteiger partial charge in [-0.05, 0) is 48.7 Å². The normalized spacial score (nSPS) is 10.7. The van der Waals surface area contributed by atoms with E-state index in [4.69, 9.17) is 11.6 Å². The Morgan fingerprint density at radius 1 is 1.04 bits per heavy atom. The number of aromatic nitrogens is 2. The number of nitrogens with one attached hydrogen (secondary N) is 1. The summed E-state index contributed by atoms with van der Waals surface area (Å²) in [6.07, 6.45) is 0.549. The number of benzene rings is 2. The molecule has 1 N–H and O–H groups in total. The molecule has 1 heterocycles. The van der Waals surface area contributed by atoms with Gasteiger partial charge in [0.25, 0.3) is 5.56 Å². The predicted octanol–water partition coefficient (Wildman–Crippen LogP) is 4.30. The molecule has 0 unspecified atom stereocenters. The second-order valence-electron chi connectivity index (χ2n) is 5.68. The van der Waals surface area contributed by atoms with Gasteiger partial charge in [0.15, 0.2) is 0 Å². The van der Waals surface area contributed by atoms with E-state index in [0.29, 0.717) is 17.0 Å². The molecule has 0 amide bonds. The van der Waals surface area contributed by atoms with Crippen molar-refractivity contribution in [2.75, 3.05) is 0 Å². The first-order chi connectivity index (χ1) is 11.0. The lowest BCUT2D eigenvalue weighted by molar-refractivity contribution is 0.953. The monoisotopic (exact) mass is 324 g/mol. The lowest BCUT2D eigenvalue weighted by Crippen LogP contribution is -2.15. The van der Waals surface area contributed by atoms with Crippen molar-refractivity contribution in [1.29, 1.82) is 0 Å². The summed E-state index contributed by atoms with van der Waals surface area (Å²) in [4.78, 5) is 12.1. The number of halogens is 1. The molecular weight excluding hydrogens is 308 g/mol. The average Bonchev–Trinajstić information content (AvgIpc) is 2.52. The Labute approximate surface area is 140 Å². The maximum absolute atomic E-state index is 12.1. The van der Waals surface area contributed by atoms with E-state index >= 15 is 0 Å². The van der Waals surface area contributed by atoms with E-state index < -0.39 is 0 Å². The van der Waals surface area contributed by atoms with E-state index in [1.165, 1.54) is 0 Å². The van der Waals surface area contributed by atoms with E-state index in [2.05, 4.69) is 10.2 Å². The zero-order valence-electron chi connectivity index (χ0n) is 13.1. The van der Waals surface area contributed by atoms with Crippen LogP contribution in [0.4, 0.5) is 0 Å². The molecule has 1 aromatic heterocycles. The standard InChI is InChI=1S/C19H17ClN2O/c1-12-4-3-5-13(2)18(12)17-11-15(19(23)22-21-17)10-14-6-8-16(20)9-7-14/h3-9,11H,10H2,1-2H3,(H,22,23). The first-order valence-corrected chi connectivity index (χ1v) is 7.82. The van der Waals surface area contributed by atoms with Gasteiger partial charge in [-0.15, -0.1) is 0 Å². The highest BCUT2D eigenvalue weighted by Gasteiger charge is 2.10. The molecule has 4 heteroatoms. The van der Waals surface area contributed by atoms with Crippen LogP contribution in [-0.2, 0) is 6.42 Å². The second kappa shape index (κ2) is 6.39. The first-order valence-electron chi connectivity index (χ1n) is 7.44. The van der Waals surface area contributed by atoms with Crippen LogP contribution in [0.3, 0.4) is 0 Å². The van der Waals surface area contributed by atoms with Gasteiger partial charge in [0.2, 0.25) is 0 Å². The van der Waals surface area contributed by atoms with Crippen molar-refractivity contribution in [2.45, 2.75) is 20.3 Å². The van der Waals surface area contributed by atoms with Crippen molar-refractivity contribution < 1.29 is 0 Å². The highest BCUT2D eigenvalue weighted by Crippen LogP contribution is 2.25. The summed E-state index contributed by atoms with van der Waals surface area (Å²) in [5, 5.41) is 7.54. The third-order valence-corrected chi connectivity index (χ3v) is 4.18. The Kier molecular flexibility index (Phi) is 4.30. The van der Waals surface area contributed by atoms with Crippen LogP contribution < -0.4 is 5.56 Å². The fraction of sp³-hybridized carbons (Fsp3) is 0.158. The van der Waals surface area contributed by atoms with Crippen LogP contribution in [0, 0.1) is 13.8 Å². The van der Waals surface area contributed by atoms with Gasteiger partial charge < -0.3 is 0 Å². The number of aromatic amines is 1. The van der Waals surface area contributed by atoms with Crippen LogP contribution in [0.5, 0.6) is 0 Å². The van der Waals surface area contributed by atoms with Gasteiger partial charge in [-0.3, -0.25) is 4.79 Å². The Balaban J connectivity index is 2.03. The summed E-state index contributed by atoms with van der Waals surface area (Å²) < 4.78 is 0.